The van der Waals surface area contributed by atoms with Gasteiger partial charge in [-0.25, -0.2) is 15.0 Å². The number of aromatic nitrogens is 4. The SMILES string of the molecule is CN1O[C@H](Cn2cnc3c(N)ncnc32)C[C@@H]1CO. The van der Waals surface area contributed by atoms with Crippen molar-refractivity contribution >= 4 is 17.0 Å². The molecule has 1 aliphatic rings. The van der Waals surface area contributed by atoms with Crippen molar-refractivity contribution in [1.82, 2.24) is 24.6 Å². The molecule has 8 heteroatoms. The van der Waals surface area contributed by atoms with E-state index in [0.29, 0.717) is 23.5 Å². The number of likely N-dealkylation sites (N-methyl/N-ethyl adjacent to an activating group) is 1. The summed E-state index contributed by atoms with van der Waals surface area (Å²) in [6, 6.07) is 0.0412. The summed E-state index contributed by atoms with van der Waals surface area (Å²) < 4.78 is 1.89. The zero-order valence-corrected chi connectivity index (χ0v) is 10.6. The van der Waals surface area contributed by atoms with Crippen LogP contribution in [0.25, 0.3) is 11.2 Å². The maximum atomic E-state index is 9.21. The van der Waals surface area contributed by atoms with Gasteiger partial charge in [0.05, 0.1) is 31.6 Å². The molecular formula is C11H16N6O2. The van der Waals surface area contributed by atoms with E-state index in [1.165, 1.54) is 6.33 Å². The van der Waals surface area contributed by atoms with Gasteiger partial charge >= 0.3 is 0 Å². The van der Waals surface area contributed by atoms with Gasteiger partial charge in [-0.3, -0.25) is 4.84 Å². The first kappa shape index (κ1) is 12.3. The number of aliphatic hydroxyl groups is 1. The maximum absolute atomic E-state index is 9.21. The van der Waals surface area contributed by atoms with Crippen LogP contribution in [0, 0.1) is 0 Å². The van der Waals surface area contributed by atoms with E-state index in [1.807, 2.05) is 11.6 Å². The molecule has 2 atom stereocenters. The van der Waals surface area contributed by atoms with Crippen LogP contribution in [-0.2, 0) is 11.4 Å². The zero-order chi connectivity index (χ0) is 13.4. The molecule has 0 amide bonds. The van der Waals surface area contributed by atoms with Crippen molar-refractivity contribution < 1.29 is 9.94 Å². The summed E-state index contributed by atoms with van der Waals surface area (Å²) in [5.41, 5.74) is 7.05. The van der Waals surface area contributed by atoms with Crippen molar-refractivity contribution in [3.63, 3.8) is 0 Å². The molecule has 8 nitrogen and oxygen atoms in total. The number of imidazole rings is 1. The average molecular weight is 264 g/mol. The number of rotatable bonds is 3. The Morgan fingerprint density at radius 3 is 3.05 bits per heavy atom. The van der Waals surface area contributed by atoms with E-state index in [9.17, 15) is 5.11 Å². The molecule has 1 aliphatic heterocycles. The van der Waals surface area contributed by atoms with Gasteiger partial charge in [0, 0.05) is 7.05 Å². The molecule has 3 heterocycles. The Balaban J connectivity index is 1.81. The topological polar surface area (TPSA) is 102 Å². The van der Waals surface area contributed by atoms with Gasteiger partial charge in [0.1, 0.15) is 11.8 Å². The lowest BCUT2D eigenvalue weighted by Crippen LogP contribution is -2.26. The maximum Gasteiger partial charge on any atom is 0.165 e. The Hall–Kier alpha value is -1.77. The van der Waals surface area contributed by atoms with E-state index in [-0.39, 0.29) is 18.8 Å². The Labute approximate surface area is 109 Å². The summed E-state index contributed by atoms with van der Waals surface area (Å²) in [6.07, 6.45) is 3.88. The summed E-state index contributed by atoms with van der Waals surface area (Å²) in [4.78, 5) is 18.0. The molecule has 2 aromatic heterocycles. The number of hydrogen-bond donors (Lipinski definition) is 2. The number of hydroxylamine groups is 2. The number of aliphatic hydroxyl groups excluding tert-OH is 1. The van der Waals surface area contributed by atoms with E-state index >= 15 is 0 Å². The fourth-order valence-electron chi connectivity index (χ4n) is 2.37. The first-order chi connectivity index (χ1) is 9.19. The van der Waals surface area contributed by atoms with Gasteiger partial charge in [0.15, 0.2) is 11.5 Å². The molecule has 1 fully saturated rings. The van der Waals surface area contributed by atoms with Gasteiger partial charge in [0.2, 0.25) is 0 Å². The van der Waals surface area contributed by atoms with Crippen molar-refractivity contribution in [2.45, 2.75) is 25.1 Å². The number of nitrogens with two attached hydrogens (primary N) is 1. The van der Waals surface area contributed by atoms with Crippen molar-refractivity contribution in [1.29, 1.82) is 0 Å². The Bertz CT molecular complexity index is 586. The Morgan fingerprint density at radius 2 is 2.32 bits per heavy atom. The number of hydrogen-bond acceptors (Lipinski definition) is 7. The largest absolute Gasteiger partial charge is 0.395 e. The zero-order valence-electron chi connectivity index (χ0n) is 10.6. The molecule has 3 N–H and O–H groups in total. The number of nitrogens with zero attached hydrogens (tertiary/aromatic N) is 5. The van der Waals surface area contributed by atoms with Crippen LogP contribution in [0.4, 0.5) is 5.82 Å². The van der Waals surface area contributed by atoms with Crippen LogP contribution < -0.4 is 5.73 Å². The third kappa shape index (κ3) is 2.14. The molecule has 2 aromatic rings. The first-order valence-electron chi connectivity index (χ1n) is 6.11. The second-order valence-electron chi connectivity index (χ2n) is 4.67. The lowest BCUT2D eigenvalue weighted by Gasteiger charge is -2.14. The van der Waals surface area contributed by atoms with Crippen LogP contribution in [-0.4, -0.2) is 55.5 Å². The molecule has 0 spiro atoms. The van der Waals surface area contributed by atoms with E-state index in [4.69, 9.17) is 10.6 Å². The fraction of sp³-hybridized carbons (Fsp3) is 0.545. The quantitative estimate of drug-likeness (QED) is 0.763. The molecule has 1 saturated heterocycles. The van der Waals surface area contributed by atoms with Crippen LogP contribution >= 0.6 is 0 Å². The lowest BCUT2D eigenvalue weighted by molar-refractivity contribution is -0.150. The minimum absolute atomic E-state index is 0.00394. The molecule has 3 rings (SSSR count). The molecule has 0 unspecified atom stereocenters. The Morgan fingerprint density at radius 1 is 1.47 bits per heavy atom. The van der Waals surface area contributed by atoms with Crippen LogP contribution in [0.3, 0.4) is 0 Å². The second kappa shape index (κ2) is 4.72. The van der Waals surface area contributed by atoms with E-state index in [2.05, 4.69) is 15.0 Å². The molecule has 102 valence electrons. The lowest BCUT2D eigenvalue weighted by atomic mass is 10.1. The minimum atomic E-state index is -0.00394. The van der Waals surface area contributed by atoms with Crippen molar-refractivity contribution in [3.05, 3.63) is 12.7 Å². The van der Waals surface area contributed by atoms with Gasteiger partial charge in [0.25, 0.3) is 0 Å². The van der Waals surface area contributed by atoms with E-state index in [0.717, 1.165) is 6.42 Å². The molecule has 0 aromatic carbocycles. The van der Waals surface area contributed by atoms with Crippen molar-refractivity contribution in [2.75, 3.05) is 19.4 Å². The number of fused-ring (bicyclic) bond motifs is 1. The molecule has 0 saturated carbocycles. The molecular weight excluding hydrogens is 248 g/mol. The normalized spacial score (nSPS) is 24.3. The van der Waals surface area contributed by atoms with Crippen molar-refractivity contribution in [2.24, 2.45) is 0 Å². The highest BCUT2D eigenvalue weighted by Gasteiger charge is 2.30. The smallest absolute Gasteiger partial charge is 0.165 e. The van der Waals surface area contributed by atoms with Gasteiger partial charge in [-0.05, 0) is 6.42 Å². The molecule has 19 heavy (non-hydrogen) atoms. The standard InChI is InChI=1S/C11H16N6O2/c1-16-7(4-18)2-8(19-16)3-17-6-15-9-10(12)13-5-14-11(9)17/h5-8,18H,2-4H2,1H3,(H2,12,13,14)/t7-,8+/m1/s1. The first-order valence-corrected chi connectivity index (χ1v) is 6.11. The summed E-state index contributed by atoms with van der Waals surface area (Å²) in [7, 11) is 1.83. The highest BCUT2D eigenvalue weighted by molar-refractivity contribution is 5.81. The van der Waals surface area contributed by atoms with Crippen LogP contribution in [0.5, 0.6) is 0 Å². The van der Waals surface area contributed by atoms with Gasteiger partial charge in [-0.2, -0.15) is 5.06 Å². The number of nitrogen functional groups attached to an aromatic ring is 1. The fourth-order valence-corrected chi connectivity index (χ4v) is 2.37. The average Bonchev–Trinajstić information content (AvgIpc) is 2.95. The third-order valence-corrected chi connectivity index (χ3v) is 3.41. The van der Waals surface area contributed by atoms with E-state index in [1.54, 1.807) is 11.4 Å². The van der Waals surface area contributed by atoms with Crippen LogP contribution in [0.1, 0.15) is 6.42 Å². The van der Waals surface area contributed by atoms with Gasteiger partial charge in [-0.1, -0.05) is 0 Å². The van der Waals surface area contributed by atoms with Crippen molar-refractivity contribution in [3.8, 4) is 0 Å². The third-order valence-electron chi connectivity index (χ3n) is 3.41. The highest BCUT2D eigenvalue weighted by Crippen LogP contribution is 2.22. The summed E-state index contributed by atoms with van der Waals surface area (Å²) >= 11 is 0. The monoisotopic (exact) mass is 264 g/mol. The van der Waals surface area contributed by atoms with Crippen LogP contribution in [0.2, 0.25) is 0 Å². The minimum Gasteiger partial charge on any atom is -0.395 e. The Kier molecular flexibility index (Phi) is 3.05. The molecule has 0 radical (unpaired) electrons. The highest BCUT2D eigenvalue weighted by atomic mass is 16.7. The predicted molar refractivity (Wildman–Crippen MR) is 67.9 cm³/mol. The summed E-state index contributed by atoms with van der Waals surface area (Å²) in [5.74, 6) is 0.376. The second-order valence-corrected chi connectivity index (χ2v) is 4.67. The van der Waals surface area contributed by atoms with Gasteiger partial charge in [-0.15, -0.1) is 0 Å². The predicted octanol–water partition coefficient (Wildman–Crippen LogP) is -0.595. The number of anilines is 1. The van der Waals surface area contributed by atoms with Crippen LogP contribution in [0.15, 0.2) is 12.7 Å². The molecule has 0 aliphatic carbocycles. The summed E-state index contributed by atoms with van der Waals surface area (Å²) in [5, 5.41) is 10.9. The van der Waals surface area contributed by atoms with Gasteiger partial charge < -0.3 is 15.4 Å². The molecule has 0 bridgehead atoms. The van der Waals surface area contributed by atoms with E-state index < -0.39 is 0 Å². The summed E-state index contributed by atoms with van der Waals surface area (Å²) in [6.45, 7) is 0.709.